The first kappa shape index (κ1) is 21.0. The number of nitrogens with zero attached hydrogens (tertiary/aromatic N) is 4. The summed E-state index contributed by atoms with van der Waals surface area (Å²) >= 11 is 1.46. The van der Waals surface area contributed by atoms with Crippen LogP contribution in [-0.2, 0) is 0 Å². The van der Waals surface area contributed by atoms with Crippen LogP contribution in [0.3, 0.4) is 0 Å². The predicted octanol–water partition coefficient (Wildman–Crippen LogP) is 5.55. The van der Waals surface area contributed by atoms with Crippen molar-refractivity contribution in [1.82, 2.24) is 15.0 Å². The van der Waals surface area contributed by atoms with Crippen LogP contribution in [0.5, 0.6) is 11.6 Å². The Balaban J connectivity index is 1.99. The number of aromatic nitrogens is 3. The molecule has 158 valence electrons. The van der Waals surface area contributed by atoms with Gasteiger partial charge in [-0.1, -0.05) is 20.8 Å². The Morgan fingerprint density at radius 2 is 1.84 bits per heavy atom. The number of methoxy groups -OCH3 is 2. The smallest absolute Gasteiger partial charge is 0.232 e. The molecule has 2 aromatic carbocycles. The molecule has 7 nitrogen and oxygen atoms in total. The number of benzene rings is 2. The molecule has 0 saturated carbocycles. The summed E-state index contributed by atoms with van der Waals surface area (Å²) in [6, 6.07) is 7.20. The fraction of sp³-hybridized carbons (Fsp3) is 0.304. The number of aliphatic hydroxyl groups is 1. The summed E-state index contributed by atoms with van der Waals surface area (Å²) in [5, 5.41) is 11.7. The summed E-state index contributed by atoms with van der Waals surface area (Å²) in [6.45, 7) is 13.4. The molecule has 4 aromatic rings. The third-order valence-corrected chi connectivity index (χ3v) is 6.06. The quantitative estimate of drug-likeness (QED) is 0.424. The van der Waals surface area contributed by atoms with Gasteiger partial charge in [-0.2, -0.15) is 0 Å². The molecule has 0 radical (unpaired) electrons. The van der Waals surface area contributed by atoms with Gasteiger partial charge in [0, 0.05) is 11.1 Å². The Hall–Kier alpha value is -3.28. The lowest BCUT2D eigenvalue weighted by atomic mass is 9.84. The molecule has 0 aliphatic rings. The fourth-order valence-corrected chi connectivity index (χ4v) is 4.40. The first-order chi connectivity index (χ1) is 14.7. The maximum absolute atomic E-state index is 11.0. The standard InChI is InChI=1S/C23H22N4O3S/c1-23(2,3)21(28)14-9-13(29-5)10-17-20(14)27-22(31-17)15-7-12(24-4)8-16-19(15)25-11-18(26-16)30-6/h7-11,21,28H,1-3,5-6H3. The zero-order valence-corrected chi connectivity index (χ0v) is 18.7. The van der Waals surface area contributed by atoms with E-state index in [1.165, 1.54) is 18.4 Å². The maximum Gasteiger partial charge on any atom is 0.232 e. The minimum Gasteiger partial charge on any atom is -0.497 e. The molecular weight excluding hydrogens is 412 g/mol. The lowest BCUT2D eigenvalue weighted by Crippen LogP contribution is -2.18. The van der Waals surface area contributed by atoms with Crippen molar-refractivity contribution in [2.24, 2.45) is 5.41 Å². The Kier molecular flexibility index (Phi) is 5.25. The second-order valence-corrected chi connectivity index (χ2v) is 9.27. The van der Waals surface area contributed by atoms with Crippen molar-refractivity contribution in [2.45, 2.75) is 26.9 Å². The van der Waals surface area contributed by atoms with Gasteiger partial charge in [0.15, 0.2) is 5.69 Å². The molecule has 8 heteroatoms. The van der Waals surface area contributed by atoms with Crippen LogP contribution in [-0.4, -0.2) is 34.3 Å². The third-order valence-electron chi connectivity index (χ3n) is 5.03. The monoisotopic (exact) mass is 434 g/mol. The van der Waals surface area contributed by atoms with Crippen molar-refractivity contribution in [2.75, 3.05) is 14.2 Å². The SMILES string of the molecule is [C-]#[N+]c1cc(-c2nc3c(C(O)C(C)(C)C)cc(OC)cc3s2)c2ncc(OC)nc2c1. The number of ether oxygens (including phenoxy) is 2. The molecule has 1 atom stereocenters. The van der Waals surface area contributed by atoms with E-state index >= 15 is 0 Å². The molecule has 0 saturated heterocycles. The number of hydrogen-bond donors (Lipinski definition) is 1. The van der Waals surface area contributed by atoms with Crippen molar-refractivity contribution >= 4 is 38.3 Å². The van der Waals surface area contributed by atoms with E-state index in [1.807, 2.05) is 32.9 Å². The Morgan fingerprint density at radius 3 is 2.48 bits per heavy atom. The molecule has 0 fully saturated rings. The van der Waals surface area contributed by atoms with Crippen LogP contribution in [0.25, 0.3) is 36.7 Å². The first-order valence-electron chi connectivity index (χ1n) is 9.64. The lowest BCUT2D eigenvalue weighted by molar-refractivity contribution is 0.0636. The van der Waals surface area contributed by atoms with Gasteiger partial charge in [0.1, 0.15) is 10.8 Å². The van der Waals surface area contributed by atoms with Crippen LogP contribution >= 0.6 is 11.3 Å². The van der Waals surface area contributed by atoms with Gasteiger partial charge in [-0.05, 0) is 29.7 Å². The molecule has 0 spiro atoms. The van der Waals surface area contributed by atoms with Crippen molar-refractivity contribution in [1.29, 1.82) is 0 Å². The minimum atomic E-state index is -0.726. The maximum atomic E-state index is 11.0. The largest absolute Gasteiger partial charge is 0.497 e. The van der Waals surface area contributed by atoms with Gasteiger partial charge >= 0.3 is 0 Å². The van der Waals surface area contributed by atoms with Crippen molar-refractivity contribution in [3.05, 3.63) is 47.4 Å². The first-order valence-corrected chi connectivity index (χ1v) is 10.5. The predicted molar refractivity (Wildman–Crippen MR) is 122 cm³/mol. The van der Waals surface area contributed by atoms with Gasteiger partial charge in [-0.3, -0.25) is 0 Å². The fourth-order valence-electron chi connectivity index (χ4n) is 3.36. The van der Waals surface area contributed by atoms with E-state index in [4.69, 9.17) is 21.0 Å². The van der Waals surface area contributed by atoms with Crippen LogP contribution in [0.4, 0.5) is 5.69 Å². The van der Waals surface area contributed by atoms with Gasteiger partial charge in [0.25, 0.3) is 0 Å². The normalized spacial score (nSPS) is 12.7. The van der Waals surface area contributed by atoms with E-state index in [0.717, 1.165) is 10.3 Å². The van der Waals surface area contributed by atoms with Gasteiger partial charge in [0.05, 0.1) is 54.3 Å². The number of fused-ring (bicyclic) bond motifs is 2. The van der Waals surface area contributed by atoms with Gasteiger partial charge in [-0.25, -0.2) is 19.8 Å². The third kappa shape index (κ3) is 3.78. The average Bonchev–Trinajstić information content (AvgIpc) is 3.19. The zero-order valence-electron chi connectivity index (χ0n) is 17.9. The molecule has 2 aromatic heterocycles. The second-order valence-electron chi connectivity index (χ2n) is 8.24. The van der Waals surface area contributed by atoms with Crippen LogP contribution < -0.4 is 9.47 Å². The van der Waals surface area contributed by atoms with Gasteiger partial charge < -0.3 is 14.6 Å². The van der Waals surface area contributed by atoms with E-state index in [-0.39, 0.29) is 5.41 Å². The van der Waals surface area contributed by atoms with Gasteiger partial charge in [0.2, 0.25) is 5.88 Å². The van der Waals surface area contributed by atoms with E-state index in [2.05, 4.69) is 14.8 Å². The summed E-state index contributed by atoms with van der Waals surface area (Å²) in [6.07, 6.45) is 0.824. The van der Waals surface area contributed by atoms with E-state index in [1.54, 1.807) is 25.4 Å². The van der Waals surface area contributed by atoms with Crippen LogP contribution in [0.2, 0.25) is 0 Å². The summed E-state index contributed by atoms with van der Waals surface area (Å²) < 4.78 is 11.5. The Morgan fingerprint density at radius 1 is 1.06 bits per heavy atom. The van der Waals surface area contributed by atoms with Crippen LogP contribution in [0, 0.1) is 12.0 Å². The molecule has 31 heavy (non-hydrogen) atoms. The molecule has 0 aliphatic heterocycles. The number of thiazole rings is 1. The van der Waals surface area contributed by atoms with Gasteiger partial charge in [-0.15, -0.1) is 11.3 Å². The molecule has 0 amide bonds. The highest BCUT2D eigenvalue weighted by Crippen LogP contribution is 2.43. The number of hydrogen-bond acceptors (Lipinski definition) is 7. The highest BCUT2D eigenvalue weighted by atomic mass is 32.1. The number of aliphatic hydroxyl groups excluding tert-OH is 1. The second kappa shape index (κ2) is 7.76. The molecule has 0 bridgehead atoms. The van der Waals surface area contributed by atoms with Crippen molar-refractivity contribution in [3.8, 4) is 22.2 Å². The summed E-state index contributed by atoms with van der Waals surface area (Å²) in [5.74, 6) is 1.04. The molecule has 1 unspecified atom stereocenters. The summed E-state index contributed by atoms with van der Waals surface area (Å²) in [7, 11) is 3.13. The number of rotatable bonds is 4. The van der Waals surface area contributed by atoms with E-state index in [0.29, 0.717) is 44.4 Å². The Bertz CT molecular complexity index is 1330. The zero-order chi connectivity index (χ0) is 22.3. The van der Waals surface area contributed by atoms with Crippen LogP contribution in [0.15, 0.2) is 30.5 Å². The highest BCUT2D eigenvalue weighted by Gasteiger charge is 2.28. The lowest BCUT2D eigenvalue weighted by Gasteiger charge is -2.26. The molecule has 1 N–H and O–H groups in total. The topological polar surface area (TPSA) is 81.7 Å². The van der Waals surface area contributed by atoms with Crippen molar-refractivity contribution < 1.29 is 14.6 Å². The average molecular weight is 435 g/mol. The highest BCUT2D eigenvalue weighted by molar-refractivity contribution is 7.21. The summed E-state index contributed by atoms with van der Waals surface area (Å²) in [4.78, 5) is 17.4. The Labute approximate surface area is 184 Å². The van der Waals surface area contributed by atoms with E-state index in [9.17, 15) is 5.11 Å². The molecule has 2 heterocycles. The molecular formula is C23H22N4O3S. The van der Waals surface area contributed by atoms with Crippen molar-refractivity contribution in [3.63, 3.8) is 0 Å². The molecule has 4 rings (SSSR count). The minimum absolute atomic E-state index is 0.373. The summed E-state index contributed by atoms with van der Waals surface area (Å²) in [5.41, 5.74) is 3.41. The van der Waals surface area contributed by atoms with Crippen LogP contribution in [0.1, 0.15) is 32.4 Å². The molecule has 0 aliphatic carbocycles. The van der Waals surface area contributed by atoms with E-state index < -0.39 is 6.10 Å².